The molecule has 0 aliphatic carbocycles. The van der Waals surface area contributed by atoms with E-state index in [1.807, 2.05) is 6.92 Å². The monoisotopic (exact) mass is 466 g/mol. The first-order valence-electron chi connectivity index (χ1n) is 11.6. The summed E-state index contributed by atoms with van der Waals surface area (Å²) in [6.45, 7) is 6.40. The van der Waals surface area contributed by atoms with Crippen molar-refractivity contribution in [1.82, 2.24) is 4.90 Å². The van der Waals surface area contributed by atoms with E-state index in [0.717, 1.165) is 13.1 Å². The van der Waals surface area contributed by atoms with Gasteiger partial charge in [0, 0.05) is 5.57 Å². The van der Waals surface area contributed by atoms with Crippen LogP contribution in [-0.2, 0) is 14.3 Å². The Morgan fingerprint density at radius 3 is 2.53 bits per heavy atom. The Bertz CT molecular complexity index is 1060. The molecule has 0 spiro atoms. The molecule has 0 saturated carbocycles. The number of hydrogen-bond acceptors (Lipinski definition) is 6. The lowest BCUT2D eigenvalue weighted by Crippen LogP contribution is -3.14. The van der Waals surface area contributed by atoms with Crippen LogP contribution < -0.4 is 19.5 Å². The number of ether oxygens (including phenoxy) is 3. The molecule has 0 bridgehead atoms. The molecule has 2 aliphatic rings. The number of methoxy groups -OCH3 is 1. The molecule has 1 atom stereocenters. The molecule has 180 valence electrons. The Morgan fingerprint density at radius 1 is 1.12 bits per heavy atom. The van der Waals surface area contributed by atoms with E-state index in [9.17, 15) is 14.7 Å². The summed E-state index contributed by atoms with van der Waals surface area (Å²) in [5.74, 6) is -0.785. The van der Waals surface area contributed by atoms with Crippen LogP contribution >= 0.6 is 0 Å². The van der Waals surface area contributed by atoms with Crippen molar-refractivity contribution in [3.05, 3.63) is 65.2 Å². The van der Waals surface area contributed by atoms with Crippen molar-refractivity contribution in [2.75, 3.05) is 53.1 Å². The fourth-order valence-corrected chi connectivity index (χ4v) is 4.51. The van der Waals surface area contributed by atoms with E-state index in [-0.39, 0.29) is 5.57 Å². The van der Waals surface area contributed by atoms with Crippen LogP contribution in [0.15, 0.2) is 54.1 Å². The molecule has 2 heterocycles. The second-order valence-electron chi connectivity index (χ2n) is 8.29. The molecular weight excluding hydrogens is 436 g/mol. The summed E-state index contributed by atoms with van der Waals surface area (Å²) in [6.07, 6.45) is 0. The largest absolute Gasteiger partial charge is 0.872 e. The maximum absolute atomic E-state index is 13.4. The van der Waals surface area contributed by atoms with Gasteiger partial charge in [-0.2, -0.15) is 0 Å². The second kappa shape index (κ2) is 10.7. The highest BCUT2D eigenvalue weighted by Crippen LogP contribution is 2.41. The summed E-state index contributed by atoms with van der Waals surface area (Å²) in [7, 11) is 1.53. The minimum atomic E-state index is -0.794. The molecule has 8 heteroatoms. The van der Waals surface area contributed by atoms with Gasteiger partial charge in [0.15, 0.2) is 11.5 Å². The second-order valence-corrected chi connectivity index (χ2v) is 8.29. The summed E-state index contributed by atoms with van der Waals surface area (Å²) in [6, 6.07) is 13.1. The van der Waals surface area contributed by atoms with Crippen LogP contribution in [0.3, 0.4) is 0 Å². The predicted molar refractivity (Wildman–Crippen MR) is 123 cm³/mol. The number of Topliss-reactive ketones (excluding diaryl/α,β-unsaturated/α-hetero) is 1. The fraction of sp³-hybridized carbons (Fsp3) is 0.385. The number of carbonyl (C=O) groups excluding carboxylic acids is 2. The van der Waals surface area contributed by atoms with Gasteiger partial charge in [0.05, 0.1) is 46.1 Å². The SMILES string of the molecule is CCOc1ccc(C2/C(=C(\[O-])c3ccccc3)C(=O)C(=O)N2CC[NH+]2CCOCC2)cc1OC. The number of carbonyl (C=O) groups is 2. The van der Waals surface area contributed by atoms with Crippen LogP contribution in [-0.4, -0.2) is 69.7 Å². The van der Waals surface area contributed by atoms with Crippen molar-refractivity contribution < 1.29 is 33.8 Å². The molecule has 1 N–H and O–H groups in total. The molecule has 2 aromatic carbocycles. The summed E-state index contributed by atoms with van der Waals surface area (Å²) in [5, 5.41) is 13.4. The molecular formula is C26H30N2O6. The number of amides is 1. The van der Waals surface area contributed by atoms with Crippen LogP contribution in [0, 0.1) is 0 Å². The van der Waals surface area contributed by atoms with E-state index in [1.54, 1.807) is 48.5 Å². The van der Waals surface area contributed by atoms with Gasteiger partial charge in [0.25, 0.3) is 5.91 Å². The Morgan fingerprint density at radius 2 is 1.85 bits per heavy atom. The van der Waals surface area contributed by atoms with E-state index in [1.165, 1.54) is 16.9 Å². The maximum Gasteiger partial charge on any atom is 0.295 e. The lowest BCUT2D eigenvalue weighted by atomic mass is 9.95. The van der Waals surface area contributed by atoms with Gasteiger partial charge in [0.1, 0.15) is 13.1 Å². The van der Waals surface area contributed by atoms with Crippen LogP contribution in [0.5, 0.6) is 11.5 Å². The van der Waals surface area contributed by atoms with Crippen molar-refractivity contribution in [3.8, 4) is 11.5 Å². The van der Waals surface area contributed by atoms with Crippen molar-refractivity contribution >= 4 is 17.4 Å². The number of likely N-dealkylation sites (tertiary alicyclic amines) is 1. The van der Waals surface area contributed by atoms with E-state index in [2.05, 4.69) is 0 Å². The van der Waals surface area contributed by atoms with Crippen LogP contribution in [0.1, 0.15) is 24.1 Å². The zero-order chi connectivity index (χ0) is 24.1. The molecule has 0 radical (unpaired) electrons. The maximum atomic E-state index is 13.4. The highest BCUT2D eigenvalue weighted by molar-refractivity contribution is 6.46. The molecule has 8 nitrogen and oxygen atoms in total. The number of quaternary nitrogens is 1. The topological polar surface area (TPSA) is 92.6 Å². The zero-order valence-electron chi connectivity index (χ0n) is 19.5. The predicted octanol–water partition coefficient (Wildman–Crippen LogP) is 0.233. The lowest BCUT2D eigenvalue weighted by Gasteiger charge is -2.30. The number of rotatable bonds is 8. The molecule has 0 aromatic heterocycles. The van der Waals surface area contributed by atoms with Crippen LogP contribution in [0.2, 0.25) is 0 Å². The molecule has 2 fully saturated rings. The van der Waals surface area contributed by atoms with Gasteiger partial charge in [-0.25, -0.2) is 0 Å². The van der Waals surface area contributed by atoms with Gasteiger partial charge in [-0.3, -0.25) is 9.59 Å². The molecule has 1 unspecified atom stereocenters. The number of morpholine rings is 1. The van der Waals surface area contributed by atoms with Crippen molar-refractivity contribution in [2.45, 2.75) is 13.0 Å². The standard InChI is InChI=1S/C26H30N2O6/c1-3-34-20-10-9-19(17-21(20)32-2)23-22(24(29)18-7-5-4-6-8-18)25(30)26(31)28(23)12-11-27-13-15-33-16-14-27/h4-10,17,23,29H,3,11-16H2,1-2H3/b24-22+. The average Bonchev–Trinajstić information content (AvgIpc) is 3.13. The van der Waals surface area contributed by atoms with Gasteiger partial charge in [-0.05, 0) is 30.2 Å². The van der Waals surface area contributed by atoms with Gasteiger partial charge >= 0.3 is 0 Å². The number of nitrogens with zero attached hydrogens (tertiary/aromatic N) is 1. The van der Waals surface area contributed by atoms with Crippen LogP contribution in [0.4, 0.5) is 0 Å². The number of nitrogens with one attached hydrogen (secondary N) is 1. The Labute approximate surface area is 199 Å². The summed E-state index contributed by atoms with van der Waals surface area (Å²) in [4.78, 5) is 29.1. The number of benzene rings is 2. The lowest BCUT2D eigenvalue weighted by molar-refractivity contribution is -0.907. The normalized spacial score (nSPS) is 20.5. The molecule has 2 saturated heterocycles. The number of ketones is 1. The zero-order valence-corrected chi connectivity index (χ0v) is 19.5. The van der Waals surface area contributed by atoms with Gasteiger partial charge < -0.3 is 29.1 Å². The highest BCUT2D eigenvalue weighted by atomic mass is 16.5. The van der Waals surface area contributed by atoms with Gasteiger partial charge in [-0.1, -0.05) is 42.2 Å². The Kier molecular flexibility index (Phi) is 7.49. The molecule has 34 heavy (non-hydrogen) atoms. The molecule has 1 amide bonds. The average molecular weight is 467 g/mol. The quantitative estimate of drug-likeness (QED) is 0.340. The van der Waals surface area contributed by atoms with Crippen LogP contribution in [0.25, 0.3) is 5.76 Å². The Balaban J connectivity index is 1.76. The smallest absolute Gasteiger partial charge is 0.295 e. The van der Waals surface area contributed by atoms with Crippen molar-refractivity contribution in [2.24, 2.45) is 0 Å². The fourth-order valence-electron chi connectivity index (χ4n) is 4.51. The van der Waals surface area contributed by atoms with Gasteiger partial charge in [0.2, 0.25) is 5.78 Å². The first-order valence-corrected chi connectivity index (χ1v) is 11.6. The third-order valence-electron chi connectivity index (χ3n) is 6.27. The summed E-state index contributed by atoms with van der Waals surface area (Å²) >= 11 is 0. The van der Waals surface area contributed by atoms with E-state index >= 15 is 0 Å². The third kappa shape index (κ3) is 4.78. The molecule has 2 aromatic rings. The van der Waals surface area contributed by atoms with E-state index in [4.69, 9.17) is 14.2 Å². The summed E-state index contributed by atoms with van der Waals surface area (Å²) < 4.78 is 16.5. The molecule has 2 aliphatic heterocycles. The van der Waals surface area contributed by atoms with Gasteiger partial charge in [-0.15, -0.1) is 0 Å². The first-order chi connectivity index (χ1) is 16.5. The highest BCUT2D eigenvalue weighted by Gasteiger charge is 2.44. The van der Waals surface area contributed by atoms with E-state index in [0.29, 0.717) is 55.5 Å². The van der Waals surface area contributed by atoms with Crippen molar-refractivity contribution in [1.29, 1.82) is 0 Å². The van der Waals surface area contributed by atoms with Crippen molar-refractivity contribution in [3.63, 3.8) is 0 Å². The molecule has 4 rings (SSSR count). The number of hydrogen-bond donors (Lipinski definition) is 1. The third-order valence-corrected chi connectivity index (χ3v) is 6.27. The summed E-state index contributed by atoms with van der Waals surface area (Å²) in [5.41, 5.74) is 0.984. The first kappa shape index (κ1) is 23.8. The minimum Gasteiger partial charge on any atom is -0.872 e. The Hall–Kier alpha value is -3.36. The minimum absolute atomic E-state index is 0.0283. The van der Waals surface area contributed by atoms with E-state index < -0.39 is 23.5 Å².